The van der Waals surface area contributed by atoms with Crippen molar-refractivity contribution in [1.29, 1.82) is 0 Å². The highest BCUT2D eigenvalue weighted by molar-refractivity contribution is 5.73. The Morgan fingerprint density at radius 2 is 2.18 bits per heavy atom. The molecule has 17 heavy (non-hydrogen) atoms. The molecule has 0 aliphatic rings. The number of hydrogen-bond acceptors (Lipinski definition) is 3. The third-order valence-electron chi connectivity index (χ3n) is 2.76. The number of aliphatic carboxylic acids is 1. The summed E-state index contributed by atoms with van der Waals surface area (Å²) in [6, 6.07) is 5.77. The fraction of sp³-hybridized carbons (Fsp3) is 0.538. The molecule has 0 amide bonds. The number of rotatable bonds is 6. The van der Waals surface area contributed by atoms with Crippen LogP contribution in [0.2, 0.25) is 0 Å². The Labute approximate surface area is 102 Å². The van der Waals surface area contributed by atoms with Crippen LogP contribution in [0, 0.1) is 5.41 Å². The lowest BCUT2D eigenvalue weighted by atomic mass is 9.93. The van der Waals surface area contributed by atoms with Crippen LogP contribution in [-0.4, -0.2) is 34.0 Å². The van der Waals surface area contributed by atoms with Gasteiger partial charge in [-0.25, -0.2) is 0 Å². The van der Waals surface area contributed by atoms with Gasteiger partial charge >= 0.3 is 5.97 Å². The van der Waals surface area contributed by atoms with Crippen LogP contribution < -0.4 is 0 Å². The molecule has 0 saturated heterocycles. The minimum absolute atomic E-state index is 0.523. The Kier molecular flexibility index (Phi) is 4.63. The second-order valence-electron chi connectivity index (χ2n) is 4.81. The quantitative estimate of drug-likeness (QED) is 0.821. The normalized spacial score (nSPS) is 11.8. The molecule has 0 saturated carbocycles. The van der Waals surface area contributed by atoms with Crippen LogP contribution >= 0.6 is 0 Å². The average molecular weight is 236 g/mol. The minimum Gasteiger partial charge on any atom is -0.481 e. The number of carboxylic acids is 1. The molecule has 1 aromatic rings. The second-order valence-corrected chi connectivity index (χ2v) is 4.81. The first-order valence-electron chi connectivity index (χ1n) is 5.81. The van der Waals surface area contributed by atoms with Crippen molar-refractivity contribution in [3.63, 3.8) is 0 Å². The zero-order valence-corrected chi connectivity index (χ0v) is 10.7. The maximum atomic E-state index is 11.1. The van der Waals surface area contributed by atoms with Crippen molar-refractivity contribution >= 4 is 5.97 Å². The zero-order valence-electron chi connectivity index (χ0n) is 10.7. The molecule has 0 atom stereocenters. The highest BCUT2D eigenvalue weighted by Crippen LogP contribution is 2.18. The van der Waals surface area contributed by atoms with Crippen molar-refractivity contribution in [2.75, 3.05) is 13.1 Å². The lowest BCUT2D eigenvalue weighted by Crippen LogP contribution is -2.38. The standard InChI is InChI=1S/C13H20N2O2/c1-4-15(10-13(2,3)12(16)17)9-11-7-5-6-8-14-11/h5-8H,4,9-10H2,1-3H3,(H,16,17). The maximum absolute atomic E-state index is 11.1. The summed E-state index contributed by atoms with van der Waals surface area (Å²) in [6.07, 6.45) is 1.76. The van der Waals surface area contributed by atoms with E-state index in [4.69, 9.17) is 5.11 Å². The molecule has 1 aromatic heterocycles. The lowest BCUT2D eigenvalue weighted by Gasteiger charge is -2.28. The van der Waals surface area contributed by atoms with Gasteiger partial charge in [-0.1, -0.05) is 13.0 Å². The number of hydrogen-bond donors (Lipinski definition) is 1. The smallest absolute Gasteiger partial charge is 0.310 e. The van der Waals surface area contributed by atoms with E-state index in [2.05, 4.69) is 9.88 Å². The van der Waals surface area contributed by atoms with Gasteiger partial charge < -0.3 is 5.11 Å². The van der Waals surface area contributed by atoms with Gasteiger partial charge in [-0.15, -0.1) is 0 Å². The van der Waals surface area contributed by atoms with Gasteiger partial charge in [-0.05, 0) is 32.5 Å². The van der Waals surface area contributed by atoms with E-state index in [0.29, 0.717) is 13.1 Å². The van der Waals surface area contributed by atoms with E-state index in [0.717, 1.165) is 12.2 Å². The molecule has 4 heteroatoms. The molecular formula is C13H20N2O2. The van der Waals surface area contributed by atoms with Crippen molar-refractivity contribution in [2.24, 2.45) is 5.41 Å². The van der Waals surface area contributed by atoms with Gasteiger partial charge in [0.05, 0.1) is 11.1 Å². The molecule has 0 aromatic carbocycles. The highest BCUT2D eigenvalue weighted by Gasteiger charge is 2.29. The van der Waals surface area contributed by atoms with Gasteiger partial charge in [-0.2, -0.15) is 0 Å². The van der Waals surface area contributed by atoms with Crippen LogP contribution in [0.15, 0.2) is 24.4 Å². The molecular weight excluding hydrogens is 216 g/mol. The molecule has 4 nitrogen and oxygen atoms in total. The molecule has 94 valence electrons. The third kappa shape index (κ3) is 4.15. The van der Waals surface area contributed by atoms with Crippen LogP contribution in [0.4, 0.5) is 0 Å². The van der Waals surface area contributed by atoms with E-state index >= 15 is 0 Å². The summed E-state index contributed by atoms with van der Waals surface area (Å²) in [5, 5.41) is 9.11. The third-order valence-corrected chi connectivity index (χ3v) is 2.76. The van der Waals surface area contributed by atoms with E-state index in [1.165, 1.54) is 0 Å². The number of nitrogens with zero attached hydrogens (tertiary/aromatic N) is 2. The van der Waals surface area contributed by atoms with Crippen LogP contribution in [0.3, 0.4) is 0 Å². The van der Waals surface area contributed by atoms with Crippen LogP contribution in [0.25, 0.3) is 0 Å². The monoisotopic (exact) mass is 236 g/mol. The van der Waals surface area contributed by atoms with Gasteiger partial charge in [0.1, 0.15) is 0 Å². The number of carbonyl (C=O) groups is 1. The molecule has 0 bridgehead atoms. The molecule has 1 heterocycles. The molecule has 0 spiro atoms. The van der Waals surface area contributed by atoms with Crippen molar-refractivity contribution in [1.82, 2.24) is 9.88 Å². The van der Waals surface area contributed by atoms with Gasteiger partial charge in [0.2, 0.25) is 0 Å². The average Bonchev–Trinajstić information content (AvgIpc) is 2.29. The van der Waals surface area contributed by atoms with Crippen LogP contribution in [0.5, 0.6) is 0 Å². The summed E-state index contributed by atoms with van der Waals surface area (Å²) in [5.41, 5.74) is 0.237. The first kappa shape index (κ1) is 13.6. The largest absolute Gasteiger partial charge is 0.481 e. The molecule has 0 aliphatic carbocycles. The van der Waals surface area contributed by atoms with Crippen molar-refractivity contribution in [3.05, 3.63) is 30.1 Å². The molecule has 0 aliphatic heterocycles. The summed E-state index contributed by atoms with van der Waals surface area (Å²) < 4.78 is 0. The summed E-state index contributed by atoms with van der Waals surface area (Å²) in [5.74, 6) is -0.767. The fourth-order valence-electron chi connectivity index (χ4n) is 1.63. The number of aromatic nitrogens is 1. The predicted molar refractivity (Wildman–Crippen MR) is 66.6 cm³/mol. The molecule has 0 radical (unpaired) electrons. The SMILES string of the molecule is CCN(Cc1ccccn1)CC(C)(C)C(=O)O. The molecule has 0 fully saturated rings. The van der Waals surface area contributed by atoms with Gasteiger partial charge in [0.15, 0.2) is 0 Å². The summed E-state index contributed by atoms with van der Waals surface area (Å²) >= 11 is 0. The Morgan fingerprint density at radius 3 is 2.65 bits per heavy atom. The first-order valence-corrected chi connectivity index (χ1v) is 5.81. The van der Waals surface area contributed by atoms with Crippen molar-refractivity contribution in [3.8, 4) is 0 Å². The van der Waals surface area contributed by atoms with Gasteiger partial charge in [-0.3, -0.25) is 14.7 Å². The molecule has 0 unspecified atom stereocenters. The van der Waals surface area contributed by atoms with Crippen molar-refractivity contribution < 1.29 is 9.90 Å². The number of pyridine rings is 1. The highest BCUT2D eigenvalue weighted by atomic mass is 16.4. The van der Waals surface area contributed by atoms with E-state index in [-0.39, 0.29) is 0 Å². The fourth-order valence-corrected chi connectivity index (χ4v) is 1.63. The zero-order chi connectivity index (χ0) is 12.9. The summed E-state index contributed by atoms with van der Waals surface area (Å²) in [7, 11) is 0. The minimum atomic E-state index is -0.767. The Hall–Kier alpha value is -1.42. The van der Waals surface area contributed by atoms with E-state index in [9.17, 15) is 4.79 Å². The topological polar surface area (TPSA) is 53.4 Å². The maximum Gasteiger partial charge on any atom is 0.310 e. The predicted octanol–water partition coefficient (Wildman–Crippen LogP) is 2.01. The van der Waals surface area contributed by atoms with Crippen molar-refractivity contribution in [2.45, 2.75) is 27.3 Å². The second kappa shape index (κ2) is 5.77. The van der Waals surface area contributed by atoms with Crippen LogP contribution in [-0.2, 0) is 11.3 Å². The Bertz CT molecular complexity index is 363. The first-order chi connectivity index (χ1) is 7.95. The van der Waals surface area contributed by atoms with E-state index in [1.807, 2.05) is 25.1 Å². The van der Waals surface area contributed by atoms with E-state index < -0.39 is 11.4 Å². The Balaban J connectivity index is 2.64. The lowest BCUT2D eigenvalue weighted by molar-refractivity contribution is -0.148. The summed E-state index contributed by atoms with van der Waals surface area (Å²) in [4.78, 5) is 17.4. The van der Waals surface area contributed by atoms with Gasteiger partial charge in [0, 0.05) is 19.3 Å². The van der Waals surface area contributed by atoms with E-state index in [1.54, 1.807) is 20.0 Å². The van der Waals surface area contributed by atoms with Crippen LogP contribution in [0.1, 0.15) is 26.5 Å². The molecule has 1 rings (SSSR count). The summed E-state index contributed by atoms with van der Waals surface area (Å²) in [6.45, 7) is 7.55. The number of carboxylic acid groups (broad SMARTS) is 1. The molecule has 1 N–H and O–H groups in total. The van der Waals surface area contributed by atoms with Gasteiger partial charge in [0.25, 0.3) is 0 Å². The Morgan fingerprint density at radius 1 is 1.47 bits per heavy atom.